The van der Waals surface area contributed by atoms with Crippen molar-refractivity contribution in [3.63, 3.8) is 0 Å². The molecule has 0 N–H and O–H groups in total. The molecule has 4 rings (SSSR count). The van der Waals surface area contributed by atoms with Crippen LogP contribution in [-0.4, -0.2) is 36.2 Å². The maximum atomic E-state index is 5.54. The van der Waals surface area contributed by atoms with E-state index >= 15 is 0 Å². The van der Waals surface area contributed by atoms with E-state index in [2.05, 4.69) is 41.3 Å². The van der Waals surface area contributed by atoms with Gasteiger partial charge in [-0.05, 0) is 56.3 Å². The Hall–Kier alpha value is -1.45. The van der Waals surface area contributed by atoms with Gasteiger partial charge in [-0.25, -0.2) is 0 Å². The van der Waals surface area contributed by atoms with Crippen LogP contribution in [0, 0.1) is 5.41 Å². The van der Waals surface area contributed by atoms with Gasteiger partial charge in [-0.3, -0.25) is 9.88 Å². The molecule has 3 nitrogen and oxygen atoms in total. The van der Waals surface area contributed by atoms with E-state index in [9.17, 15) is 0 Å². The number of aromatic nitrogens is 1. The van der Waals surface area contributed by atoms with Gasteiger partial charge in [-0.15, -0.1) is 0 Å². The summed E-state index contributed by atoms with van der Waals surface area (Å²) in [5.41, 5.74) is 2.88. The number of fused-ring (bicyclic) bond motifs is 1. The summed E-state index contributed by atoms with van der Waals surface area (Å²) >= 11 is 0. The van der Waals surface area contributed by atoms with Crippen LogP contribution in [0.4, 0.5) is 0 Å². The molecule has 3 heterocycles. The SMILES string of the molecule is c1ccc2nc(CN3CCC4(CCOCC4)CC3)ccc2c1. The van der Waals surface area contributed by atoms with Crippen molar-refractivity contribution in [2.45, 2.75) is 32.2 Å². The topological polar surface area (TPSA) is 25.4 Å². The van der Waals surface area contributed by atoms with Crippen LogP contribution in [0.5, 0.6) is 0 Å². The lowest BCUT2D eigenvalue weighted by Gasteiger charge is -2.44. The summed E-state index contributed by atoms with van der Waals surface area (Å²) in [6.07, 6.45) is 5.16. The zero-order valence-corrected chi connectivity index (χ0v) is 13.1. The van der Waals surface area contributed by atoms with E-state index < -0.39 is 0 Å². The van der Waals surface area contributed by atoms with Crippen LogP contribution >= 0.6 is 0 Å². The van der Waals surface area contributed by atoms with Crippen LogP contribution in [0.15, 0.2) is 36.4 Å². The summed E-state index contributed by atoms with van der Waals surface area (Å²) in [6.45, 7) is 5.32. The first-order valence-electron chi connectivity index (χ1n) is 8.48. The molecule has 1 aromatic carbocycles. The summed E-state index contributed by atoms with van der Waals surface area (Å²) in [5, 5.41) is 1.23. The molecule has 0 atom stereocenters. The second-order valence-electron chi connectivity index (χ2n) is 6.88. The Bertz CT molecular complexity index is 639. The molecule has 0 bridgehead atoms. The Morgan fingerprint density at radius 3 is 2.55 bits per heavy atom. The van der Waals surface area contributed by atoms with E-state index in [-0.39, 0.29) is 0 Å². The van der Waals surface area contributed by atoms with Crippen molar-refractivity contribution in [3.8, 4) is 0 Å². The number of benzene rings is 1. The average molecular weight is 296 g/mol. The lowest BCUT2D eigenvalue weighted by atomic mass is 9.72. The Morgan fingerprint density at radius 2 is 1.73 bits per heavy atom. The number of hydrogen-bond donors (Lipinski definition) is 0. The van der Waals surface area contributed by atoms with Crippen molar-refractivity contribution in [1.29, 1.82) is 0 Å². The minimum absolute atomic E-state index is 0.575. The molecule has 2 fully saturated rings. The third-order valence-corrected chi connectivity index (χ3v) is 5.51. The molecule has 0 aliphatic carbocycles. The van der Waals surface area contributed by atoms with Gasteiger partial charge in [0.1, 0.15) is 0 Å². The largest absolute Gasteiger partial charge is 0.381 e. The number of likely N-dealkylation sites (tertiary alicyclic amines) is 1. The van der Waals surface area contributed by atoms with Crippen molar-refractivity contribution in [3.05, 3.63) is 42.1 Å². The maximum absolute atomic E-state index is 5.54. The Kier molecular flexibility index (Phi) is 3.85. The normalized spacial score (nSPS) is 22.2. The summed E-state index contributed by atoms with van der Waals surface area (Å²) < 4.78 is 5.54. The van der Waals surface area contributed by atoms with Gasteiger partial charge < -0.3 is 4.74 Å². The molecule has 2 aromatic rings. The van der Waals surface area contributed by atoms with Crippen molar-refractivity contribution < 1.29 is 4.74 Å². The van der Waals surface area contributed by atoms with Crippen molar-refractivity contribution in [2.24, 2.45) is 5.41 Å². The smallest absolute Gasteiger partial charge is 0.0705 e. The number of hydrogen-bond acceptors (Lipinski definition) is 3. The third-order valence-electron chi connectivity index (χ3n) is 5.51. The molecular formula is C19H24N2O. The second-order valence-corrected chi connectivity index (χ2v) is 6.88. The quantitative estimate of drug-likeness (QED) is 0.846. The van der Waals surface area contributed by atoms with Crippen LogP contribution < -0.4 is 0 Å². The molecular weight excluding hydrogens is 272 g/mol. The molecule has 1 spiro atoms. The number of piperidine rings is 1. The predicted molar refractivity (Wildman–Crippen MR) is 88.7 cm³/mol. The first-order valence-corrected chi connectivity index (χ1v) is 8.48. The van der Waals surface area contributed by atoms with Gasteiger partial charge in [0.15, 0.2) is 0 Å². The van der Waals surface area contributed by atoms with E-state index in [4.69, 9.17) is 9.72 Å². The molecule has 0 saturated carbocycles. The summed E-state index contributed by atoms with van der Waals surface area (Å²) in [5.74, 6) is 0. The van der Waals surface area contributed by atoms with Crippen LogP contribution in [-0.2, 0) is 11.3 Å². The number of pyridine rings is 1. The highest BCUT2D eigenvalue weighted by molar-refractivity contribution is 5.78. The standard InChI is InChI=1S/C19H24N2O/c1-2-4-18-16(3-1)5-6-17(20-18)15-21-11-7-19(8-12-21)9-13-22-14-10-19/h1-6H,7-15H2. The lowest BCUT2D eigenvalue weighted by Crippen LogP contribution is -2.42. The minimum Gasteiger partial charge on any atom is -0.381 e. The van der Waals surface area contributed by atoms with Crippen LogP contribution in [0.3, 0.4) is 0 Å². The van der Waals surface area contributed by atoms with Gasteiger partial charge in [0, 0.05) is 25.1 Å². The van der Waals surface area contributed by atoms with Crippen molar-refractivity contribution >= 4 is 10.9 Å². The zero-order valence-electron chi connectivity index (χ0n) is 13.1. The molecule has 2 aliphatic heterocycles. The summed E-state index contributed by atoms with van der Waals surface area (Å²) in [4.78, 5) is 7.38. The summed E-state index contributed by atoms with van der Waals surface area (Å²) in [7, 11) is 0. The van der Waals surface area contributed by atoms with Gasteiger partial charge in [-0.1, -0.05) is 24.3 Å². The van der Waals surface area contributed by atoms with E-state index in [1.807, 2.05) is 0 Å². The Balaban J connectivity index is 1.41. The van der Waals surface area contributed by atoms with Crippen LogP contribution in [0.25, 0.3) is 10.9 Å². The predicted octanol–water partition coefficient (Wildman–Crippen LogP) is 3.63. The third kappa shape index (κ3) is 2.88. The minimum atomic E-state index is 0.575. The molecule has 0 amide bonds. The molecule has 0 unspecified atom stereocenters. The first-order chi connectivity index (χ1) is 10.8. The fourth-order valence-corrected chi connectivity index (χ4v) is 3.92. The monoisotopic (exact) mass is 296 g/mol. The highest BCUT2D eigenvalue weighted by atomic mass is 16.5. The second kappa shape index (κ2) is 5.98. The van der Waals surface area contributed by atoms with Crippen molar-refractivity contribution in [2.75, 3.05) is 26.3 Å². The van der Waals surface area contributed by atoms with E-state index in [1.54, 1.807) is 0 Å². The van der Waals surface area contributed by atoms with Crippen molar-refractivity contribution in [1.82, 2.24) is 9.88 Å². The van der Waals surface area contributed by atoms with E-state index in [0.717, 1.165) is 25.3 Å². The number of para-hydroxylation sites is 1. The fourth-order valence-electron chi connectivity index (χ4n) is 3.92. The van der Waals surface area contributed by atoms with E-state index in [0.29, 0.717) is 5.41 Å². The number of nitrogens with zero attached hydrogens (tertiary/aromatic N) is 2. The average Bonchev–Trinajstić information content (AvgIpc) is 2.58. The Labute approximate surface area is 132 Å². The summed E-state index contributed by atoms with van der Waals surface area (Å²) in [6, 6.07) is 12.7. The fraction of sp³-hybridized carbons (Fsp3) is 0.526. The number of ether oxygens (including phenoxy) is 1. The molecule has 1 aromatic heterocycles. The number of rotatable bonds is 2. The van der Waals surface area contributed by atoms with Crippen LogP contribution in [0.1, 0.15) is 31.4 Å². The highest BCUT2D eigenvalue weighted by Gasteiger charge is 2.35. The van der Waals surface area contributed by atoms with Crippen LogP contribution in [0.2, 0.25) is 0 Å². The van der Waals surface area contributed by atoms with Gasteiger partial charge in [0.2, 0.25) is 0 Å². The highest BCUT2D eigenvalue weighted by Crippen LogP contribution is 2.40. The zero-order chi connectivity index (χ0) is 14.8. The van der Waals surface area contributed by atoms with Gasteiger partial charge in [0.25, 0.3) is 0 Å². The molecule has 116 valence electrons. The molecule has 2 saturated heterocycles. The lowest BCUT2D eigenvalue weighted by molar-refractivity contribution is -0.0219. The van der Waals surface area contributed by atoms with Gasteiger partial charge >= 0.3 is 0 Å². The van der Waals surface area contributed by atoms with E-state index in [1.165, 1.54) is 49.9 Å². The molecule has 0 radical (unpaired) electrons. The van der Waals surface area contributed by atoms with Gasteiger partial charge in [-0.2, -0.15) is 0 Å². The molecule has 3 heteroatoms. The maximum Gasteiger partial charge on any atom is 0.0705 e. The Morgan fingerprint density at radius 1 is 0.955 bits per heavy atom. The molecule has 22 heavy (non-hydrogen) atoms. The van der Waals surface area contributed by atoms with Gasteiger partial charge in [0.05, 0.1) is 11.2 Å². The first kappa shape index (κ1) is 14.2. The molecule has 2 aliphatic rings.